The summed E-state index contributed by atoms with van der Waals surface area (Å²) >= 11 is 11.9. The van der Waals surface area contributed by atoms with Gasteiger partial charge in [0.25, 0.3) is 0 Å². The molecule has 0 spiro atoms. The number of nitrogens with zero attached hydrogens (tertiary/aromatic N) is 3. The summed E-state index contributed by atoms with van der Waals surface area (Å²) in [6.07, 6.45) is -2.48. The maximum atomic E-state index is 13.1. The maximum absolute atomic E-state index is 13.1. The number of rotatable bonds is 6. The molecule has 2 aromatic heterocycles. The highest BCUT2D eigenvalue weighted by atomic mass is 35.5. The number of likely N-dealkylation sites (tertiary alicyclic amines) is 1. The molecule has 0 bridgehead atoms. The molecular formula is C23H24Cl2F3N5. The molecule has 4 heterocycles. The third kappa shape index (κ3) is 4.67. The number of alkyl halides is 3. The molecule has 3 aromatic rings. The maximum Gasteiger partial charge on any atom is 0.434 e. The Morgan fingerprint density at radius 3 is 2.67 bits per heavy atom. The third-order valence-electron chi connectivity index (χ3n) is 6.52. The van der Waals surface area contributed by atoms with Crippen molar-refractivity contribution < 1.29 is 13.2 Å². The van der Waals surface area contributed by atoms with Gasteiger partial charge < -0.3 is 15.2 Å². The molecule has 1 saturated heterocycles. The van der Waals surface area contributed by atoms with Gasteiger partial charge in [0.1, 0.15) is 5.82 Å². The van der Waals surface area contributed by atoms with E-state index in [1.165, 1.54) is 35.2 Å². The summed E-state index contributed by atoms with van der Waals surface area (Å²) in [5.74, 6) is 0.170. The Bertz CT molecular complexity index is 1160. The summed E-state index contributed by atoms with van der Waals surface area (Å²) in [6, 6.07) is 8.83. The van der Waals surface area contributed by atoms with E-state index in [0.717, 1.165) is 43.1 Å². The second-order valence-corrected chi connectivity index (χ2v) is 9.46. The second kappa shape index (κ2) is 8.98. The number of H-pyrrole nitrogens is 1. The second-order valence-electron chi connectivity index (χ2n) is 8.61. The third-order valence-corrected chi connectivity index (χ3v) is 7.06. The van der Waals surface area contributed by atoms with Crippen LogP contribution in [0.5, 0.6) is 0 Å². The van der Waals surface area contributed by atoms with Crippen LogP contribution in [0.1, 0.15) is 29.4 Å². The van der Waals surface area contributed by atoms with Crippen LogP contribution in [0.4, 0.5) is 19.0 Å². The molecule has 0 amide bonds. The van der Waals surface area contributed by atoms with E-state index in [2.05, 4.69) is 25.1 Å². The van der Waals surface area contributed by atoms with Gasteiger partial charge in [0, 0.05) is 47.8 Å². The largest absolute Gasteiger partial charge is 0.434 e. The normalized spacial score (nSPS) is 19.5. The Balaban J connectivity index is 1.33. The summed E-state index contributed by atoms with van der Waals surface area (Å²) in [5, 5.41) is 4.54. The zero-order valence-corrected chi connectivity index (χ0v) is 19.4. The van der Waals surface area contributed by atoms with Crippen molar-refractivity contribution >= 4 is 39.9 Å². The average Bonchev–Trinajstić information content (AvgIpc) is 3.09. The van der Waals surface area contributed by atoms with E-state index in [1.54, 1.807) is 0 Å². The smallest absolute Gasteiger partial charge is 0.369 e. The Labute approximate surface area is 199 Å². The topological polar surface area (TPSA) is 47.2 Å². The molecule has 2 aliphatic heterocycles. The number of aromatic nitrogens is 2. The lowest BCUT2D eigenvalue weighted by atomic mass is 9.96. The Hall–Kier alpha value is -2.00. The van der Waals surface area contributed by atoms with Gasteiger partial charge in [-0.15, -0.1) is 0 Å². The lowest BCUT2D eigenvalue weighted by Gasteiger charge is -2.41. The number of benzene rings is 1. The van der Waals surface area contributed by atoms with Crippen LogP contribution in [-0.4, -0.2) is 59.0 Å². The predicted octanol–water partition coefficient (Wildman–Crippen LogP) is 5.61. The van der Waals surface area contributed by atoms with Crippen molar-refractivity contribution in [3.63, 3.8) is 0 Å². The number of pyridine rings is 1. The fourth-order valence-electron chi connectivity index (χ4n) is 4.74. The molecule has 0 aliphatic carbocycles. The molecule has 33 heavy (non-hydrogen) atoms. The molecule has 2 aliphatic rings. The molecule has 0 radical (unpaired) electrons. The zero-order chi connectivity index (χ0) is 23.2. The van der Waals surface area contributed by atoms with Crippen molar-refractivity contribution in [2.24, 2.45) is 0 Å². The van der Waals surface area contributed by atoms with E-state index in [0.29, 0.717) is 13.1 Å². The van der Waals surface area contributed by atoms with Crippen molar-refractivity contribution in [1.82, 2.24) is 19.8 Å². The fraction of sp³-hybridized carbons (Fsp3) is 0.435. The van der Waals surface area contributed by atoms with Gasteiger partial charge in [-0.05, 0) is 61.8 Å². The summed E-state index contributed by atoms with van der Waals surface area (Å²) in [4.78, 5) is 12.1. The quantitative estimate of drug-likeness (QED) is 0.464. The SMILES string of the molecule is FC(F)(F)c1nc(NCCN2CCc3c([nH]c4ccc(Cl)cc34)C2CN2CCC2)ccc1Cl. The molecule has 1 atom stereocenters. The van der Waals surface area contributed by atoms with Crippen LogP contribution >= 0.6 is 23.2 Å². The fourth-order valence-corrected chi connectivity index (χ4v) is 5.12. The van der Waals surface area contributed by atoms with Crippen molar-refractivity contribution in [2.45, 2.75) is 25.1 Å². The van der Waals surface area contributed by atoms with Gasteiger partial charge in [-0.3, -0.25) is 4.90 Å². The predicted molar refractivity (Wildman–Crippen MR) is 125 cm³/mol. The highest BCUT2D eigenvalue weighted by Crippen LogP contribution is 2.37. The standard InChI is InChI=1S/C23H24Cl2F3N5/c24-14-2-4-18-16(12-14)15-6-10-33(19(21(15)30-18)13-32-8-1-9-32)11-7-29-20-5-3-17(25)22(31-20)23(26,27)28/h2-5,12,19,30H,1,6-11,13H2,(H,29,31). The number of fused-ring (bicyclic) bond motifs is 3. The molecular weight excluding hydrogens is 474 g/mol. The van der Waals surface area contributed by atoms with Gasteiger partial charge in [-0.2, -0.15) is 13.2 Å². The van der Waals surface area contributed by atoms with Gasteiger partial charge in [0.05, 0.1) is 11.1 Å². The van der Waals surface area contributed by atoms with E-state index in [1.807, 2.05) is 18.2 Å². The average molecular weight is 498 g/mol. The lowest BCUT2D eigenvalue weighted by molar-refractivity contribution is -0.141. The van der Waals surface area contributed by atoms with Gasteiger partial charge >= 0.3 is 6.18 Å². The molecule has 10 heteroatoms. The number of halogens is 5. The van der Waals surface area contributed by atoms with Crippen LogP contribution in [0, 0.1) is 0 Å². The van der Waals surface area contributed by atoms with Crippen LogP contribution < -0.4 is 5.32 Å². The Morgan fingerprint density at radius 2 is 1.94 bits per heavy atom. The van der Waals surface area contributed by atoms with Crippen molar-refractivity contribution in [3.8, 4) is 0 Å². The van der Waals surface area contributed by atoms with Gasteiger partial charge in [0.2, 0.25) is 0 Å². The van der Waals surface area contributed by atoms with Gasteiger partial charge in [-0.1, -0.05) is 23.2 Å². The van der Waals surface area contributed by atoms with Crippen LogP contribution in [0.2, 0.25) is 10.0 Å². The minimum atomic E-state index is -4.58. The summed E-state index contributed by atoms with van der Waals surface area (Å²) in [7, 11) is 0. The molecule has 176 valence electrons. The Kier molecular flexibility index (Phi) is 6.20. The van der Waals surface area contributed by atoms with E-state index >= 15 is 0 Å². The van der Waals surface area contributed by atoms with Crippen LogP contribution in [0.15, 0.2) is 30.3 Å². The summed E-state index contributed by atoms with van der Waals surface area (Å²) in [5.41, 5.74) is 2.55. The molecule has 0 saturated carbocycles. The summed E-state index contributed by atoms with van der Waals surface area (Å²) < 4.78 is 39.3. The van der Waals surface area contributed by atoms with Crippen LogP contribution in [-0.2, 0) is 12.6 Å². The number of anilines is 1. The van der Waals surface area contributed by atoms with E-state index in [4.69, 9.17) is 23.2 Å². The number of nitrogens with one attached hydrogen (secondary N) is 2. The lowest BCUT2D eigenvalue weighted by Crippen LogP contribution is -2.47. The molecule has 1 aromatic carbocycles. The first-order valence-corrected chi connectivity index (χ1v) is 11.8. The molecule has 2 N–H and O–H groups in total. The molecule has 1 unspecified atom stereocenters. The monoisotopic (exact) mass is 497 g/mol. The first-order valence-electron chi connectivity index (χ1n) is 11.0. The molecule has 5 rings (SSSR count). The molecule has 5 nitrogen and oxygen atoms in total. The minimum absolute atomic E-state index is 0.170. The zero-order valence-electron chi connectivity index (χ0n) is 17.9. The first kappa shape index (κ1) is 22.8. The van der Waals surface area contributed by atoms with Crippen molar-refractivity contribution in [2.75, 3.05) is 44.6 Å². The van der Waals surface area contributed by atoms with E-state index in [-0.39, 0.29) is 11.9 Å². The van der Waals surface area contributed by atoms with Crippen LogP contribution in [0.3, 0.4) is 0 Å². The van der Waals surface area contributed by atoms with E-state index < -0.39 is 16.9 Å². The van der Waals surface area contributed by atoms with Crippen molar-refractivity contribution in [1.29, 1.82) is 0 Å². The van der Waals surface area contributed by atoms with E-state index in [9.17, 15) is 13.2 Å². The summed E-state index contributed by atoms with van der Waals surface area (Å²) in [6.45, 7) is 5.14. The minimum Gasteiger partial charge on any atom is -0.369 e. The van der Waals surface area contributed by atoms with Crippen LogP contribution in [0.25, 0.3) is 10.9 Å². The Morgan fingerprint density at radius 1 is 1.12 bits per heavy atom. The van der Waals surface area contributed by atoms with Gasteiger partial charge in [0.15, 0.2) is 5.69 Å². The van der Waals surface area contributed by atoms with Gasteiger partial charge in [-0.25, -0.2) is 4.98 Å². The molecule has 1 fully saturated rings. The highest BCUT2D eigenvalue weighted by molar-refractivity contribution is 6.31. The first-order chi connectivity index (χ1) is 15.8. The highest BCUT2D eigenvalue weighted by Gasteiger charge is 2.36. The number of hydrogen-bond acceptors (Lipinski definition) is 4. The number of hydrogen-bond donors (Lipinski definition) is 2. The number of aromatic amines is 1. The van der Waals surface area contributed by atoms with Crippen molar-refractivity contribution in [3.05, 3.63) is 57.3 Å².